The minimum absolute atomic E-state index is 0.00521. The number of carbonyl (C=O) groups is 2. The predicted octanol–water partition coefficient (Wildman–Crippen LogP) is 2.64. The molecule has 0 atom stereocenters. The first-order valence-electron chi connectivity index (χ1n) is 7.59. The van der Waals surface area contributed by atoms with Crippen molar-refractivity contribution in [3.8, 4) is 0 Å². The molecule has 1 fully saturated rings. The van der Waals surface area contributed by atoms with Crippen molar-refractivity contribution < 1.29 is 14.7 Å². The van der Waals surface area contributed by atoms with Gasteiger partial charge in [-0.1, -0.05) is 12.8 Å². The van der Waals surface area contributed by atoms with Gasteiger partial charge in [-0.2, -0.15) is 0 Å². The van der Waals surface area contributed by atoms with E-state index >= 15 is 0 Å². The molecule has 0 radical (unpaired) electrons. The Morgan fingerprint density at radius 2 is 1.95 bits per heavy atom. The van der Waals surface area contributed by atoms with Crippen LogP contribution in [0.2, 0.25) is 0 Å². The molecular formula is C16H24N2O3. The van der Waals surface area contributed by atoms with Crippen LogP contribution < -0.4 is 5.32 Å². The molecule has 0 aromatic carbocycles. The van der Waals surface area contributed by atoms with Gasteiger partial charge in [0.1, 0.15) is 0 Å². The highest BCUT2D eigenvalue weighted by Gasteiger charge is 2.38. The number of carboxylic acids is 1. The first-order chi connectivity index (χ1) is 9.88. The fraction of sp³-hybridized carbons (Fsp3) is 0.625. The lowest BCUT2D eigenvalue weighted by atomic mass is 9.92. The average molecular weight is 292 g/mol. The van der Waals surface area contributed by atoms with E-state index in [4.69, 9.17) is 5.11 Å². The maximum Gasteiger partial charge on any atom is 0.305 e. The van der Waals surface area contributed by atoms with E-state index in [0.717, 1.165) is 43.6 Å². The molecule has 1 heterocycles. The Labute approximate surface area is 125 Å². The molecule has 1 aliphatic rings. The summed E-state index contributed by atoms with van der Waals surface area (Å²) in [6.45, 7) is 6.79. The van der Waals surface area contributed by atoms with Crippen LogP contribution in [0.25, 0.3) is 0 Å². The Morgan fingerprint density at radius 3 is 2.43 bits per heavy atom. The highest BCUT2D eigenvalue weighted by atomic mass is 16.4. The number of hydrogen-bond acceptors (Lipinski definition) is 2. The molecule has 0 saturated heterocycles. The molecule has 2 rings (SSSR count). The van der Waals surface area contributed by atoms with Crippen LogP contribution >= 0.6 is 0 Å². The molecule has 1 aromatic heterocycles. The largest absolute Gasteiger partial charge is 0.481 e. The number of carbonyl (C=O) groups excluding carboxylic acids is 1. The van der Waals surface area contributed by atoms with Crippen molar-refractivity contribution in [3.05, 3.63) is 23.0 Å². The number of nitrogens with one attached hydrogen (secondary N) is 1. The molecule has 1 aromatic rings. The van der Waals surface area contributed by atoms with Crippen molar-refractivity contribution in [2.24, 2.45) is 0 Å². The molecule has 5 heteroatoms. The number of nitrogens with zero attached hydrogens (tertiary/aromatic N) is 1. The summed E-state index contributed by atoms with van der Waals surface area (Å²) < 4.78 is 2.09. The number of aromatic nitrogens is 1. The van der Waals surface area contributed by atoms with Crippen molar-refractivity contribution in [1.29, 1.82) is 0 Å². The van der Waals surface area contributed by atoms with Crippen LogP contribution in [0, 0.1) is 13.8 Å². The molecule has 1 amide bonds. The van der Waals surface area contributed by atoms with Gasteiger partial charge in [0.25, 0.3) is 5.91 Å². The van der Waals surface area contributed by atoms with Crippen LogP contribution in [0.5, 0.6) is 0 Å². The van der Waals surface area contributed by atoms with Gasteiger partial charge < -0.3 is 15.0 Å². The van der Waals surface area contributed by atoms with E-state index in [2.05, 4.69) is 9.88 Å². The van der Waals surface area contributed by atoms with Crippen LogP contribution in [0.1, 0.15) is 60.8 Å². The van der Waals surface area contributed by atoms with Gasteiger partial charge >= 0.3 is 5.97 Å². The number of amides is 1. The van der Waals surface area contributed by atoms with Gasteiger partial charge in [0.05, 0.1) is 17.5 Å². The standard InChI is InChI=1S/C16H24N2O3/c1-4-18-11(2)9-13(12(18)3)15(21)17-16(10-14(19)20)7-5-6-8-16/h9H,4-8,10H2,1-3H3,(H,17,21)(H,19,20). The highest BCUT2D eigenvalue weighted by molar-refractivity contribution is 5.96. The molecule has 0 bridgehead atoms. The van der Waals surface area contributed by atoms with Gasteiger partial charge in [0, 0.05) is 17.9 Å². The number of carboxylic acid groups (broad SMARTS) is 1. The van der Waals surface area contributed by atoms with E-state index < -0.39 is 11.5 Å². The fourth-order valence-electron chi connectivity index (χ4n) is 3.51. The van der Waals surface area contributed by atoms with E-state index in [0.29, 0.717) is 5.56 Å². The Balaban J connectivity index is 2.22. The highest BCUT2D eigenvalue weighted by Crippen LogP contribution is 2.33. The summed E-state index contributed by atoms with van der Waals surface area (Å²) in [4.78, 5) is 23.7. The van der Waals surface area contributed by atoms with E-state index in [1.165, 1.54) is 0 Å². The second-order valence-corrected chi connectivity index (χ2v) is 6.04. The third-order valence-electron chi connectivity index (χ3n) is 4.56. The molecule has 0 aliphatic heterocycles. The summed E-state index contributed by atoms with van der Waals surface area (Å²) in [5, 5.41) is 12.1. The summed E-state index contributed by atoms with van der Waals surface area (Å²) in [6, 6.07) is 1.89. The van der Waals surface area contributed by atoms with Gasteiger partial charge in [-0.25, -0.2) is 0 Å². The SMILES string of the molecule is CCn1c(C)cc(C(=O)NC2(CC(=O)O)CCCC2)c1C. The van der Waals surface area contributed by atoms with Gasteiger partial charge in [-0.3, -0.25) is 9.59 Å². The maximum absolute atomic E-state index is 12.6. The predicted molar refractivity (Wildman–Crippen MR) is 80.5 cm³/mol. The lowest BCUT2D eigenvalue weighted by Gasteiger charge is -2.28. The maximum atomic E-state index is 12.6. The third-order valence-corrected chi connectivity index (χ3v) is 4.56. The summed E-state index contributed by atoms with van der Waals surface area (Å²) >= 11 is 0. The summed E-state index contributed by atoms with van der Waals surface area (Å²) in [6.07, 6.45) is 3.45. The zero-order valence-corrected chi connectivity index (χ0v) is 13.0. The quantitative estimate of drug-likeness (QED) is 0.876. The monoisotopic (exact) mass is 292 g/mol. The molecular weight excluding hydrogens is 268 g/mol. The molecule has 5 nitrogen and oxygen atoms in total. The minimum Gasteiger partial charge on any atom is -0.481 e. The van der Waals surface area contributed by atoms with Crippen molar-refractivity contribution in [3.63, 3.8) is 0 Å². The minimum atomic E-state index is -0.851. The van der Waals surface area contributed by atoms with Crippen LogP contribution in [0.15, 0.2) is 6.07 Å². The molecule has 116 valence electrons. The lowest BCUT2D eigenvalue weighted by Crippen LogP contribution is -2.47. The zero-order valence-electron chi connectivity index (χ0n) is 13.0. The molecule has 1 saturated carbocycles. The third kappa shape index (κ3) is 3.12. The number of aryl methyl sites for hydroxylation is 1. The van der Waals surface area contributed by atoms with Gasteiger partial charge in [0.2, 0.25) is 0 Å². The average Bonchev–Trinajstić information content (AvgIpc) is 2.94. The van der Waals surface area contributed by atoms with E-state index in [1.54, 1.807) is 0 Å². The van der Waals surface area contributed by atoms with E-state index in [9.17, 15) is 9.59 Å². The molecule has 0 spiro atoms. The van der Waals surface area contributed by atoms with Crippen molar-refractivity contribution in [1.82, 2.24) is 9.88 Å². The Bertz CT molecular complexity index is 554. The summed E-state index contributed by atoms with van der Waals surface area (Å²) in [7, 11) is 0. The lowest BCUT2D eigenvalue weighted by molar-refractivity contribution is -0.138. The van der Waals surface area contributed by atoms with E-state index in [1.807, 2.05) is 26.8 Å². The van der Waals surface area contributed by atoms with Crippen molar-refractivity contribution >= 4 is 11.9 Å². The van der Waals surface area contributed by atoms with Crippen LogP contribution in [-0.2, 0) is 11.3 Å². The number of aliphatic carboxylic acids is 1. The first kappa shape index (κ1) is 15.6. The molecule has 21 heavy (non-hydrogen) atoms. The van der Waals surface area contributed by atoms with Gasteiger partial charge in [0.15, 0.2) is 0 Å². The smallest absolute Gasteiger partial charge is 0.305 e. The van der Waals surface area contributed by atoms with Crippen molar-refractivity contribution in [2.45, 2.75) is 65.0 Å². The normalized spacial score (nSPS) is 16.9. The van der Waals surface area contributed by atoms with Crippen LogP contribution in [-0.4, -0.2) is 27.1 Å². The van der Waals surface area contributed by atoms with Crippen molar-refractivity contribution in [2.75, 3.05) is 0 Å². The fourth-order valence-corrected chi connectivity index (χ4v) is 3.51. The second kappa shape index (κ2) is 5.92. The first-order valence-corrected chi connectivity index (χ1v) is 7.59. The Kier molecular flexibility index (Phi) is 4.40. The van der Waals surface area contributed by atoms with Gasteiger partial charge in [-0.15, -0.1) is 0 Å². The zero-order chi connectivity index (χ0) is 15.6. The molecule has 1 aliphatic carbocycles. The summed E-state index contributed by atoms with van der Waals surface area (Å²) in [5.41, 5.74) is 2.08. The second-order valence-electron chi connectivity index (χ2n) is 6.04. The molecule has 0 unspecified atom stereocenters. The number of rotatable bonds is 5. The Morgan fingerprint density at radius 1 is 1.33 bits per heavy atom. The van der Waals surface area contributed by atoms with Crippen LogP contribution in [0.4, 0.5) is 0 Å². The van der Waals surface area contributed by atoms with E-state index in [-0.39, 0.29) is 12.3 Å². The van der Waals surface area contributed by atoms with Crippen LogP contribution in [0.3, 0.4) is 0 Å². The Hall–Kier alpha value is -1.78. The topological polar surface area (TPSA) is 71.3 Å². The molecule has 2 N–H and O–H groups in total. The summed E-state index contributed by atoms with van der Waals surface area (Å²) in [5.74, 6) is -0.998. The van der Waals surface area contributed by atoms with Gasteiger partial charge in [-0.05, 0) is 39.7 Å². The number of hydrogen-bond donors (Lipinski definition) is 2.